The molecule has 1 rings (SSSR count). The number of hydrogen-bond donors (Lipinski definition) is 6. The lowest BCUT2D eigenvalue weighted by Crippen LogP contribution is -2.46. The van der Waals surface area contributed by atoms with Crippen molar-refractivity contribution < 1.29 is 35.1 Å². The number of ether oxygens (including phenoxy) is 1. The second kappa shape index (κ2) is 8.62. The van der Waals surface area contributed by atoms with Gasteiger partial charge in [0.25, 0.3) is 0 Å². The van der Waals surface area contributed by atoms with Crippen LogP contribution in [0.15, 0.2) is 0 Å². The largest absolute Gasteiger partial charge is 0.481 e. The molecule has 0 bridgehead atoms. The summed E-state index contributed by atoms with van der Waals surface area (Å²) in [7, 11) is 0. The average molecular weight is 307 g/mol. The molecular weight excluding hydrogens is 282 g/mol. The van der Waals surface area contributed by atoms with E-state index in [2.05, 4.69) is 5.32 Å². The van der Waals surface area contributed by atoms with Gasteiger partial charge < -0.3 is 35.6 Å². The van der Waals surface area contributed by atoms with Gasteiger partial charge in [-0.1, -0.05) is 12.8 Å². The van der Waals surface area contributed by atoms with Crippen LogP contribution in [0.2, 0.25) is 0 Å². The van der Waals surface area contributed by atoms with Gasteiger partial charge in [-0.3, -0.25) is 4.79 Å². The molecule has 0 radical (unpaired) electrons. The van der Waals surface area contributed by atoms with Gasteiger partial charge in [-0.25, -0.2) is 0 Å². The van der Waals surface area contributed by atoms with E-state index in [0.717, 1.165) is 19.3 Å². The van der Waals surface area contributed by atoms with Crippen molar-refractivity contribution >= 4 is 5.97 Å². The Kier molecular flexibility index (Phi) is 7.50. The highest BCUT2D eigenvalue weighted by Gasteiger charge is 2.52. The number of hydrogen-bond acceptors (Lipinski definition) is 7. The molecule has 0 aliphatic carbocycles. The topological polar surface area (TPSA) is 139 Å². The predicted molar refractivity (Wildman–Crippen MR) is 72.5 cm³/mol. The fourth-order valence-corrected chi connectivity index (χ4v) is 2.29. The molecule has 8 nitrogen and oxygen atoms in total. The van der Waals surface area contributed by atoms with Gasteiger partial charge in [0.05, 0.1) is 6.61 Å². The Balaban J connectivity index is 2.09. The van der Waals surface area contributed by atoms with Crippen LogP contribution in [-0.2, 0) is 9.53 Å². The molecule has 0 spiro atoms. The third-order valence-electron chi connectivity index (χ3n) is 3.59. The van der Waals surface area contributed by atoms with Crippen LogP contribution in [-0.4, -0.2) is 75.3 Å². The van der Waals surface area contributed by atoms with E-state index < -0.39 is 36.7 Å². The standard InChI is InChI=1S/C13H25NO7/c15-8-13(20)12(19)11(18)9(21-13)7-14-6-4-2-1-3-5-10(16)17/h9,11-12,14-15,18-20H,1-8H2,(H,16,17)/t9-,11+,12-,13+/m1/s1. The summed E-state index contributed by atoms with van der Waals surface area (Å²) >= 11 is 0. The first kappa shape index (κ1) is 18.3. The second-order valence-corrected chi connectivity index (χ2v) is 5.36. The fraction of sp³-hybridized carbons (Fsp3) is 0.923. The summed E-state index contributed by atoms with van der Waals surface area (Å²) in [6.45, 7) is 0.119. The van der Waals surface area contributed by atoms with Crippen molar-refractivity contribution in [1.82, 2.24) is 5.32 Å². The molecule has 6 N–H and O–H groups in total. The van der Waals surface area contributed by atoms with E-state index in [1.54, 1.807) is 0 Å². The number of rotatable bonds is 10. The Morgan fingerprint density at radius 1 is 1.19 bits per heavy atom. The lowest BCUT2D eigenvalue weighted by molar-refractivity contribution is -0.245. The van der Waals surface area contributed by atoms with Gasteiger partial charge >= 0.3 is 5.97 Å². The van der Waals surface area contributed by atoms with Crippen molar-refractivity contribution in [2.75, 3.05) is 19.7 Å². The van der Waals surface area contributed by atoms with Gasteiger partial charge in [-0.05, 0) is 19.4 Å². The lowest BCUT2D eigenvalue weighted by Gasteiger charge is -2.22. The highest BCUT2D eigenvalue weighted by atomic mass is 16.7. The molecule has 0 aromatic rings. The van der Waals surface area contributed by atoms with Crippen LogP contribution in [0.3, 0.4) is 0 Å². The zero-order valence-corrected chi connectivity index (χ0v) is 11.9. The summed E-state index contributed by atoms with van der Waals surface area (Å²) in [6.07, 6.45) is -0.130. The number of aliphatic hydroxyl groups excluding tert-OH is 3. The summed E-state index contributed by atoms with van der Waals surface area (Å²) in [5, 5.41) is 49.4. The molecule has 1 saturated heterocycles. The van der Waals surface area contributed by atoms with E-state index >= 15 is 0 Å². The maximum atomic E-state index is 10.3. The van der Waals surface area contributed by atoms with E-state index in [0.29, 0.717) is 13.0 Å². The summed E-state index contributed by atoms with van der Waals surface area (Å²) in [5.74, 6) is -2.89. The highest BCUT2D eigenvalue weighted by molar-refractivity contribution is 5.66. The van der Waals surface area contributed by atoms with E-state index in [1.165, 1.54) is 0 Å². The normalized spacial score (nSPS) is 32.5. The first-order valence-corrected chi connectivity index (χ1v) is 7.20. The molecule has 1 aliphatic rings. The van der Waals surface area contributed by atoms with Crippen molar-refractivity contribution in [1.29, 1.82) is 0 Å². The van der Waals surface area contributed by atoms with Crippen LogP contribution >= 0.6 is 0 Å². The monoisotopic (exact) mass is 307 g/mol. The number of aliphatic hydroxyl groups is 4. The third kappa shape index (κ3) is 5.50. The molecular formula is C13H25NO7. The summed E-state index contributed by atoms with van der Waals surface area (Å²) in [5.41, 5.74) is 0. The Morgan fingerprint density at radius 2 is 1.86 bits per heavy atom. The first-order chi connectivity index (χ1) is 9.90. The summed E-state index contributed by atoms with van der Waals surface area (Å²) < 4.78 is 5.07. The molecule has 0 aromatic heterocycles. The molecule has 0 unspecified atom stereocenters. The molecule has 0 aromatic carbocycles. The van der Waals surface area contributed by atoms with Crippen LogP contribution in [0.25, 0.3) is 0 Å². The lowest BCUT2D eigenvalue weighted by atomic mass is 10.1. The predicted octanol–water partition coefficient (Wildman–Crippen LogP) is -1.59. The molecule has 124 valence electrons. The first-order valence-electron chi connectivity index (χ1n) is 7.20. The van der Waals surface area contributed by atoms with E-state index in [1.807, 2.05) is 0 Å². The SMILES string of the molecule is O=C(O)CCCCCCNC[C@H]1O[C@@](O)(CO)[C@H](O)[C@H]1O. The molecule has 0 saturated carbocycles. The summed E-state index contributed by atoms with van der Waals surface area (Å²) in [4.78, 5) is 10.3. The van der Waals surface area contributed by atoms with Gasteiger partial charge in [0, 0.05) is 13.0 Å². The van der Waals surface area contributed by atoms with E-state index in [-0.39, 0.29) is 13.0 Å². The number of aliphatic carboxylic acids is 1. The van der Waals surface area contributed by atoms with Crippen LogP contribution in [0.1, 0.15) is 32.1 Å². The minimum absolute atomic E-state index is 0.188. The Labute approximate surface area is 123 Å². The number of carbonyl (C=O) groups is 1. The quantitative estimate of drug-likeness (QED) is 0.266. The Morgan fingerprint density at radius 3 is 2.43 bits per heavy atom. The van der Waals surface area contributed by atoms with Crippen molar-refractivity contribution in [2.24, 2.45) is 0 Å². The van der Waals surface area contributed by atoms with Crippen LogP contribution < -0.4 is 5.32 Å². The fourth-order valence-electron chi connectivity index (χ4n) is 2.29. The van der Waals surface area contributed by atoms with Gasteiger partial charge in [0.2, 0.25) is 5.79 Å². The minimum atomic E-state index is -2.11. The molecule has 1 aliphatic heterocycles. The highest BCUT2D eigenvalue weighted by Crippen LogP contribution is 2.28. The molecule has 1 fully saturated rings. The van der Waals surface area contributed by atoms with Gasteiger partial charge in [-0.2, -0.15) is 0 Å². The van der Waals surface area contributed by atoms with Gasteiger partial charge in [0.15, 0.2) is 0 Å². The molecule has 8 heteroatoms. The van der Waals surface area contributed by atoms with E-state index in [4.69, 9.17) is 14.9 Å². The number of unbranched alkanes of at least 4 members (excludes halogenated alkanes) is 3. The average Bonchev–Trinajstić information content (AvgIpc) is 2.66. The minimum Gasteiger partial charge on any atom is -0.481 e. The van der Waals surface area contributed by atoms with Crippen molar-refractivity contribution in [3.05, 3.63) is 0 Å². The van der Waals surface area contributed by atoms with Gasteiger partial charge in [0.1, 0.15) is 18.3 Å². The van der Waals surface area contributed by atoms with E-state index in [9.17, 15) is 20.1 Å². The smallest absolute Gasteiger partial charge is 0.303 e. The maximum Gasteiger partial charge on any atom is 0.303 e. The zero-order chi connectivity index (χ0) is 15.9. The van der Waals surface area contributed by atoms with Crippen molar-refractivity contribution in [3.63, 3.8) is 0 Å². The molecule has 4 atom stereocenters. The van der Waals surface area contributed by atoms with Crippen LogP contribution in [0.4, 0.5) is 0 Å². The number of nitrogens with one attached hydrogen (secondary N) is 1. The Bertz CT molecular complexity index is 328. The molecule has 0 amide bonds. The van der Waals surface area contributed by atoms with Crippen molar-refractivity contribution in [2.45, 2.75) is 56.2 Å². The molecule has 1 heterocycles. The van der Waals surface area contributed by atoms with Gasteiger partial charge in [-0.15, -0.1) is 0 Å². The van der Waals surface area contributed by atoms with Crippen molar-refractivity contribution in [3.8, 4) is 0 Å². The second-order valence-electron chi connectivity index (χ2n) is 5.36. The molecule has 21 heavy (non-hydrogen) atoms. The third-order valence-corrected chi connectivity index (χ3v) is 3.59. The number of carboxylic acid groups (broad SMARTS) is 1. The summed E-state index contributed by atoms with van der Waals surface area (Å²) in [6, 6.07) is 0. The Hall–Kier alpha value is -0.770. The number of carboxylic acids is 1. The van der Waals surface area contributed by atoms with Crippen LogP contribution in [0, 0.1) is 0 Å². The van der Waals surface area contributed by atoms with Crippen LogP contribution in [0.5, 0.6) is 0 Å². The zero-order valence-electron chi connectivity index (χ0n) is 11.9. The maximum absolute atomic E-state index is 10.3.